The van der Waals surface area contributed by atoms with Gasteiger partial charge in [0, 0.05) is 21.1 Å². The van der Waals surface area contributed by atoms with E-state index < -0.39 is 26.2 Å². The molecule has 8 heteroatoms. The summed E-state index contributed by atoms with van der Waals surface area (Å²) >= 11 is 0. The zero-order chi connectivity index (χ0) is 16.4. The summed E-state index contributed by atoms with van der Waals surface area (Å²) in [6.07, 6.45) is -0.636. The highest BCUT2D eigenvalue weighted by atomic mass is 31.2. The SMILES string of the molecule is COP(OC)C(COC(C)=O)NC(=O)OCc1ccccc1. The fourth-order valence-corrected chi connectivity index (χ4v) is 2.65. The molecule has 0 saturated heterocycles. The minimum absolute atomic E-state index is 0.0524. The summed E-state index contributed by atoms with van der Waals surface area (Å²) in [5.74, 6) is -1.07. The van der Waals surface area contributed by atoms with Gasteiger partial charge in [0.1, 0.15) is 19.0 Å². The molecule has 0 aliphatic heterocycles. The standard InChI is InChI=1S/C14H20NO6P/c1-11(16)20-10-13(22(18-2)19-3)15-14(17)21-9-12-7-5-4-6-8-12/h4-8,13H,9-10H2,1-3H3,(H,15,17). The number of alkyl carbamates (subject to hydrolysis) is 1. The highest BCUT2D eigenvalue weighted by Crippen LogP contribution is 2.40. The second-order valence-electron chi connectivity index (χ2n) is 4.17. The number of rotatable bonds is 8. The van der Waals surface area contributed by atoms with Gasteiger partial charge in [-0.1, -0.05) is 30.3 Å². The number of hydrogen-bond donors (Lipinski definition) is 1. The summed E-state index contributed by atoms with van der Waals surface area (Å²) in [6.45, 7) is 1.38. The molecule has 0 heterocycles. The maximum absolute atomic E-state index is 11.8. The van der Waals surface area contributed by atoms with Gasteiger partial charge in [0.05, 0.1) is 0 Å². The van der Waals surface area contributed by atoms with Crippen LogP contribution in [-0.4, -0.2) is 38.7 Å². The van der Waals surface area contributed by atoms with E-state index in [0.29, 0.717) is 0 Å². The van der Waals surface area contributed by atoms with E-state index in [4.69, 9.17) is 18.5 Å². The Kier molecular flexibility index (Phi) is 8.43. The van der Waals surface area contributed by atoms with Crippen molar-refractivity contribution in [3.63, 3.8) is 0 Å². The van der Waals surface area contributed by atoms with Crippen molar-refractivity contribution in [2.45, 2.75) is 19.3 Å². The Bertz CT molecular complexity index is 466. The maximum atomic E-state index is 11.8. The van der Waals surface area contributed by atoms with Crippen molar-refractivity contribution in [2.75, 3.05) is 20.8 Å². The van der Waals surface area contributed by atoms with Gasteiger partial charge in [-0.3, -0.25) is 4.79 Å². The zero-order valence-corrected chi connectivity index (χ0v) is 13.7. The van der Waals surface area contributed by atoms with E-state index in [0.717, 1.165) is 5.56 Å². The van der Waals surface area contributed by atoms with Crippen LogP contribution in [0.3, 0.4) is 0 Å². The van der Waals surface area contributed by atoms with Crippen LogP contribution in [0.2, 0.25) is 0 Å². The monoisotopic (exact) mass is 329 g/mol. The summed E-state index contributed by atoms with van der Waals surface area (Å²) in [6, 6.07) is 9.29. The Hall–Kier alpha value is -1.69. The number of hydrogen-bond acceptors (Lipinski definition) is 6. The zero-order valence-electron chi connectivity index (χ0n) is 12.8. The van der Waals surface area contributed by atoms with Crippen molar-refractivity contribution in [3.8, 4) is 0 Å². The fraction of sp³-hybridized carbons (Fsp3) is 0.429. The van der Waals surface area contributed by atoms with Gasteiger partial charge in [-0.2, -0.15) is 0 Å². The molecular formula is C14H20NO6P. The van der Waals surface area contributed by atoms with Crippen molar-refractivity contribution in [1.82, 2.24) is 5.32 Å². The lowest BCUT2D eigenvalue weighted by molar-refractivity contribution is -0.141. The number of benzene rings is 1. The number of nitrogens with one attached hydrogen (secondary N) is 1. The van der Waals surface area contributed by atoms with Crippen molar-refractivity contribution >= 4 is 20.4 Å². The first-order chi connectivity index (χ1) is 10.6. The van der Waals surface area contributed by atoms with E-state index in [-0.39, 0.29) is 13.2 Å². The van der Waals surface area contributed by atoms with Crippen molar-refractivity contribution in [1.29, 1.82) is 0 Å². The Morgan fingerprint density at radius 1 is 1.14 bits per heavy atom. The predicted molar refractivity (Wildman–Crippen MR) is 81.1 cm³/mol. The third kappa shape index (κ3) is 6.85. The molecule has 0 fully saturated rings. The average Bonchev–Trinajstić information content (AvgIpc) is 2.52. The highest BCUT2D eigenvalue weighted by Gasteiger charge is 2.26. The molecule has 122 valence electrons. The van der Waals surface area contributed by atoms with Gasteiger partial charge in [0.15, 0.2) is 8.38 Å². The highest BCUT2D eigenvalue weighted by molar-refractivity contribution is 7.48. The predicted octanol–water partition coefficient (Wildman–Crippen LogP) is 2.41. The van der Waals surface area contributed by atoms with Crippen LogP contribution in [0.4, 0.5) is 4.79 Å². The lowest BCUT2D eigenvalue weighted by atomic mass is 10.2. The fourth-order valence-electron chi connectivity index (χ4n) is 1.58. The van der Waals surface area contributed by atoms with Crippen LogP contribution in [0.5, 0.6) is 0 Å². The first-order valence-corrected chi connectivity index (χ1v) is 7.79. The molecule has 1 amide bonds. The van der Waals surface area contributed by atoms with Crippen LogP contribution in [0, 0.1) is 0 Å². The molecule has 0 radical (unpaired) electrons. The Balaban J connectivity index is 2.52. The molecular weight excluding hydrogens is 309 g/mol. The van der Waals surface area contributed by atoms with E-state index in [2.05, 4.69) is 5.32 Å². The van der Waals surface area contributed by atoms with Gasteiger partial charge >= 0.3 is 12.1 Å². The number of carbonyl (C=O) groups is 2. The number of ether oxygens (including phenoxy) is 2. The molecule has 1 unspecified atom stereocenters. The van der Waals surface area contributed by atoms with Gasteiger partial charge in [-0.25, -0.2) is 4.79 Å². The maximum Gasteiger partial charge on any atom is 0.408 e. The normalized spacial score (nSPS) is 11.8. The van der Waals surface area contributed by atoms with E-state index in [1.165, 1.54) is 21.1 Å². The van der Waals surface area contributed by atoms with Crippen LogP contribution >= 0.6 is 8.38 Å². The summed E-state index contributed by atoms with van der Waals surface area (Å²) in [5, 5.41) is 2.58. The Labute approximate surface area is 130 Å². The van der Waals surface area contributed by atoms with Gasteiger partial charge in [-0.05, 0) is 5.56 Å². The average molecular weight is 329 g/mol. The first kappa shape index (κ1) is 18.4. The number of amides is 1. The molecule has 1 rings (SSSR count). The molecule has 1 aromatic carbocycles. The Morgan fingerprint density at radius 2 is 1.77 bits per heavy atom. The van der Waals surface area contributed by atoms with Crippen LogP contribution in [0.25, 0.3) is 0 Å². The summed E-state index contributed by atoms with van der Waals surface area (Å²) in [4.78, 5) is 22.7. The van der Waals surface area contributed by atoms with E-state index in [1.54, 1.807) is 0 Å². The van der Waals surface area contributed by atoms with Crippen molar-refractivity contribution < 1.29 is 28.1 Å². The molecule has 0 aromatic heterocycles. The summed E-state index contributed by atoms with van der Waals surface area (Å²) < 4.78 is 20.3. The molecule has 7 nitrogen and oxygen atoms in total. The van der Waals surface area contributed by atoms with Gasteiger partial charge in [0.25, 0.3) is 0 Å². The van der Waals surface area contributed by atoms with E-state index in [9.17, 15) is 9.59 Å². The van der Waals surface area contributed by atoms with Crippen LogP contribution < -0.4 is 5.32 Å². The molecule has 1 atom stereocenters. The summed E-state index contributed by atoms with van der Waals surface area (Å²) in [7, 11) is 1.47. The van der Waals surface area contributed by atoms with Crippen LogP contribution in [-0.2, 0) is 29.9 Å². The van der Waals surface area contributed by atoms with Crippen molar-refractivity contribution in [2.24, 2.45) is 0 Å². The van der Waals surface area contributed by atoms with Crippen LogP contribution in [0.1, 0.15) is 12.5 Å². The largest absolute Gasteiger partial charge is 0.463 e. The van der Waals surface area contributed by atoms with E-state index >= 15 is 0 Å². The molecule has 1 N–H and O–H groups in total. The Morgan fingerprint density at radius 3 is 2.32 bits per heavy atom. The topological polar surface area (TPSA) is 83.1 Å². The smallest absolute Gasteiger partial charge is 0.408 e. The van der Waals surface area contributed by atoms with Gasteiger partial charge in [-0.15, -0.1) is 0 Å². The molecule has 0 saturated carbocycles. The molecule has 0 aliphatic carbocycles. The molecule has 1 aromatic rings. The molecule has 0 spiro atoms. The number of carbonyl (C=O) groups excluding carboxylic acids is 2. The minimum atomic E-state index is -1.44. The van der Waals surface area contributed by atoms with Crippen LogP contribution in [0.15, 0.2) is 30.3 Å². The second kappa shape index (κ2) is 10.1. The lowest BCUT2D eigenvalue weighted by Gasteiger charge is -2.23. The third-order valence-corrected chi connectivity index (χ3v) is 4.06. The van der Waals surface area contributed by atoms with Gasteiger partial charge in [0.2, 0.25) is 0 Å². The van der Waals surface area contributed by atoms with Gasteiger partial charge < -0.3 is 23.8 Å². The van der Waals surface area contributed by atoms with Crippen molar-refractivity contribution in [3.05, 3.63) is 35.9 Å². The minimum Gasteiger partial charge on any atom is -0.463 e. The molecule has 0 bridgehead atoms. The van der Waals surface area contributed by atoms with E-state index in [1.807, 2.05) is 30.3 Å². The first-order valence-electron chi connectivity index (χ1n) is 6.54. The molecule has 22 heavy (non-hydrogen) atoms. The summed E-state index contributed by atoms with van der Waals surface area (Å²) in [5.41, 5.74) is 0.870. The lowest BCUT2D eigenvalue weighted by Crippen LogP contribution is -2.38. The number of esters is 1. The third-order valence-electron chi connectivity index (χ3n) is 2.56. The quantitative estimate of drug-likeness (QED) is 0.582. The second-order valence-corrected chi connectivity index (χ2v) is 6.10. The molecule has 0 aliphatic rings.